The van der Waals surface area contributed by atoms with E-state index in [2.05, 4.69) is 26.0 Å². The van der Waals surface area contributed by atoms with Crippen molar-refractivity contribution in [1.29, 1.82) is 0 Å². The van der Waals surface area contributed by atoms with E-state index in [0.29, 0.717) is 6.61 Å². The molecule has 1 fully saturated rings. The fourth-order valence-electron chi connectivity index (χ4n) is 3.01. The largest absolute Gasteiger partial charge is 0.458 e. The van der Waals surface area contributed by atoms with E-state index < -0.39 is 0 Å². The third-order valence-electron chi connectivity index (χ3n) is 4.19. The number of hydrogen-bond donors (Lipinski definition) is 0. The summed E-state index contributed by atoms with van der Waals surface area (Å²) in [6.07, 6.45) is 8.58. The van der Waals surface area contributed by atoms with Crippen LogP contribution in [0.25, 0.3) is 0 Å². The molecule has 19 heavy (non-hydrogen) atoms. The first-order valence-electron chi connectivity index (χ1n) is 7.14. The first-order chi connectivity index (χ1) is 9.11. The Bertz CT molecular complexity index is 395. The summed E-state index contributed by atoms with van der Waals surface area (Å²) in [7, 11) is 1.65. The van der Waals surface area contributed by atoms with Crippen molar-refractivity contribution in [1.82, 2.24) is 0 Å². The number of rotatable bonds is 2. The number of fused-ring (bicyclic) bond motifs is 1. The van der Waals surface area contributed by atoms with Gasteiger partial charge in [-0.3, -0.25) is 4.79 Å². The van der Waals surface area contributed by atoms with Crippen molar-refractivity contribution >= 4 is 5.97 Å². The fourth-order valence-corrected chi connectivity index (χ4v) is 3.01. The van der Waals surface area contributed by atoms with Gasteiger partial charge in [-0.15, -0.1) is 0 Å². The summed E-state index contributed by atoms with van der Waals surface area (Å²) in [5.74, 6) is 0.0527. The molecular weight excluding hydrogens is 240 g/mol. The minimum atomic E-state index is -0.105. The SMILES string of the molecule is COC[C@H]1C(=O)O[C@@H]2/C=C(\C)CC/C=C(/C)CC[C@H]21. The third-order valence-corrected chi connectivity index (χ3v) is 4.19. The van der Waals surface area contributed by atoms with Gasteiger partial charge >= 0.3 is 5.97 Å². The van der Waals surface area contributed by atoms with Gasteiger partial charge in [-0.2, -0.15) is 0 Å². The van der Waals surface area contributed by atoms with Crippen molar-refractivity contribution in [3.8, 4) is 0 Å². The zero-order valence-corrected chi connectivity index (χ0v) is 12.1. The molecule has 0 radical (unpaired) electrons. The van der Waals surface area contributed by atoms with Gasteiger partial charge in [0.25, 0.3) is 0 Å². The normalized spacial score (nSPS) is 37.6. The second-order valence-corrected chi connectivity index (χ2v) is 5.77. The van der Waals surface area contributed by atoms with E-state index in [1.54, 1.807) is 7.11 Å². The molecule has 0 saturated carbocycles. The van der Waals surface area contributed by atoms with Crippen LogP contribution in [-0.4, -0.2) is 25.8 Å². The third kappa shape index (κ3) is 3.47. The van der Waals surface area contributed by atoms with Crippen LogP contribution in [0.2, 0.25) is 0 Å². The Morgan fingerprint density at radius 3 is 2.84 bits per heavy atom. The molecule has 0 bridgehead atoms. The highest BCUT2D eigenvalue weighted by Gasteiger charge is 2.43. The second-order valence-electron chi connectivity index (χ2n) is 5.77. The van der Waals surface area contributed by atoms with Crippen LogP contribution in [0.3, 0.4) is 0 Å². The maximum Gasteiger partial charge on any atom is 0.312 e. The molecule has 0 aromatic heterocycles. The van der Waals surface area contributed by atoms with Crippen LogP contribution >= 0.6 is 0 Å². The molecule has 3 atom stereocenters. The zero-order chi connectivity index (χ0) is 13.8. The molecular formula is C16H24O3. The van der Waals surface area contributed by atoms with Crippen LogP contribution in [0.1, 0.15) is 39.5 Å². The number of carbonyl (C=O) groups is 1. The highest BCUT2D eigenvalue weighted by Crippen LogP contribution is 2.35. The summed E-state index contributed by atoms with van der Waals surface area (Å²) in [6.45, 7) is 4.77. The standard InChI is InChI=1S/C16H24O3/c1-11-5-4-6-12(2)9-15-13(8-7-11)14(10-18-3)16(17)19-15/h5,9,13-15H,4,6-8,10H2,1-3H3/b11-5-,12-9+/t13-,14+,15+/m0/s1. The Morgan fingerprint density at radius 1 is 1.32 bits per heavy atom. The van der Waals surface area contributed by atoms with E-state index in [-0.39, 0.29) is 23.9 Å². The van der Waals surface area contributed by atoms with Gasteiger partial charge in [-0.25, -0.2) is 0 Å². The molecule has 3 nitrogen and oxygen atoms in total. The molecule has 1 aliphatic heterocycles. The van der Waals surface area contributed by atoms with Crippen LogP contribution in [0.5, 0.6) is 0 Å². The highest BCUT2D eigenvalue weighted by molar-refractivity contribution is 5.75. The smallest absolute Gasteiger partial charge is 0.312 e. The molecule has 2 aliphatic rings. The van der Waals surface area contributed by atoms with Gasteiger partial charge in [0.15, 0.2) is 0 Å². The maximum atomic E-state index is 12.0. The average Bonchev–Trinajstić information content (AvgIpc) is 2.63. The van der Waals surface area contributed by atoms with Gasteiger partial charge in [0.05, 0.1) is 12.5 Å². The first kappa shape index (κ1) is 14.3. The Balaban J connectivity index is 2.20. The number of carbonyl (C=O) groups excluding carboxylic acids is 1. The van der Waals surface area contributed by atoms with Crippen molar-refractivity contribution in [2.45, 2.75) is 45.6 Å². The average molecular weight is 264 g/mol. The van der Waals surface area contributed by atoms with E-state index >= 15 is 0 Å². The van der Waals surface area contributed by atoms with E-state index in [0.717, 1.165) is 25.7 Å². The van der Waals surface area contributed by atoms with Gasteiger partial charge in [0.2, 0.25) is 0 Å². The predicted octanol–water partition coefficient (Wildman–Crippen LogP) is 3.26. The van der Waals surface area contributed by atoms with Crippen molar-refractivity contribution in [2.75, 3.05) is 13.7 Å². The monoisotopic (exact) mass is 264 g/mol. The van der Waals surface area contributed by atoms with Crippen LogP contribution < -0.4 is 0 Å². The molecule has 106 valence electrons. The van der Waals surface area contributed by atoms with Crippen LogP contribution in [0, 0.1) is 11.8 Å². The molecule has 0 aromatic carbocycles. The number of allylic oxidation sites excluding steroid dienone is 3. The Morgan fingerprint density at radius 2 is 2.11 bits per heavy atom. The number of hydrogen-bond acceptors (Lipinski definition) is 3. The van der Waals surface area contributed by atoms with Crippen LogP contribution in [0.4, 0.5) is 0 Å². The van der Waals surface area contributed by atoms with E-state index in [1.165, 1.54) is 11.1 Å². The van der Waals surface area contributed by atoms with Crippen molar-refractivity contribution < 1.29 is 14.3 Å². The summed E-state index contributed by atoms with van der Waals surface area (Å²) in [4.78, 5) is 12.0. The van der Waals surface area contributed by atoms with Crippen molar-refractivity contribution in [3.05, 3.63) is 23.3 Å². The molecule has 0 N–H and O–H groups in total. The van der Waals surface area contributed by atoms with Gasteiger partial charge < -0.3 is 9.47 Å². The molecule has 0 amide bonds. The lowest BCUT2D eigenvalue weighted by Crippen LogP contribution is -2.24. The highest BCUT2D eigenvalue weighted by atomic mass is 16.6. The van der Waals surface area contributed by atoms with E-state index in [1.807, 2.05) is 0 Å². The van der Waals surface area contributed by atoms with E-state index in [4.69, 9.17) is 9.47 Å². The summed E-state index contributed by atoms with van der Waals surface area (Å²) in [5.41, 5.74) is 2.73. The number of esters is 1. The Labute approximate surface area is 115 Å². The van der Waals surface area contributed by atoms with E-state index in [9.17, 15) is 4.79 Å². The summed E-state index contributed by atoms with van der Waals surface area (Å²) in [6, 6.07) is 0. The first-order valence-corrected chi connectivity index (χ1v) is 7.14. The van der Waals surface area contributed by atoms with Gasteiger partial charge in [0.1, 0.15) is 6.10 Å². The van der Waals surface area contributed by atoms with Gasteiger partial charge in [0, 0.05) is 13.0 Å². The molecule has 0 aromatic rings. The summed E-state index contributed by atoms with van der Waals surface area (Å²) in [5, 5.41) is 0. The zero-order valence-electron chi connectivity index (χ0n) is 12.1. The minimum absolute atomic E-state index is 0.0569. The lowest BCUT2D eigenvalue weighted by atomic mass is 9.84. The minimum Gasteiger partial charge on any atom is -0.458 e. The second kappa shape index (κ2) is 6.38. The Kier molecular flexibility index (Phi) is 4.81. The molecule has 1 saturated heterocycles. The van der Waals surface area contributed by atoms with Crippen molar-refractivity contribution in [2.24, 2.45) is 11.8 Å². The van der Waals surface area contributed by atoms with Gasteiger partial charge in [-0.1, -0.05) is 17.2 Å². The topological polar surface area (TPSA) is 35.5 Å². The molecule has 2 rings (SSSR count). The summed E-state index contributed by atoms with van der Waals surface area (Å²) < 4.78 is 10.7. The lowest BCUT2D eigenvalue weighted by Gasteiger charge is -2.20. The van der Waals surface area contributed by atoms with Crippen LogP contribution in [0.15, 0.2) is 23.3 Å². The molecule has 0 unspecified atom stereocenters. The Hall–Kier alpha value is -1.09. The predicted molar refractivity (Wildman–Crippen MR) is 74.7 cm³/mol. The molecule has 3 heteroatoms. The quantitative estimate of drug-likeness (QED) is 0.567. The lowest BCUT2D eigenvalue weighted by molar-refractivity contribution is -0.144. The maximum absolute atomic E-state index is 12.0. The fraction of sp³-hybridized carbons (Fsp3) is 0.688. The van der Waals surface area contributed by atoms with Crippen molar-refractivity contribution in [3.63, 3.8) is 0 Å². The number of ether oxygens (including phenoxy) is 2. The molecule has 1 aliphatic carbocycles. The number of methoxy groups -OCH3 is 1. The van der Waals surface area contributed by atoms with Gasteiger partial charge in [-0.05, 0) is 45.6 Å². The van der Waals surface area contributed by atoms with Crippen LogP contribution in [-0.2, 0) is 14.3 Å². The molecule has 1 heterocycles. The molecule has 0 spiro atoms. The summed E-state index contributed by atoms with van der Waals surface area (Å²) >= 11 is 0.